The molecule has 8 nitrogen and oxygen atoms in total. The molecule has 1 unspecified atom stereocenters. The SMILES string of the molecule is CC(=O)N1CCN(CC(C(=O)N2CCN(c3ncnc4c3[C@H](C)C[C@H]4F)CC2)c2ccc(Cl)cc2)CC1. The van der Waals surface area contributed by atoms with Crippen molar-refractivity contribution >= 4 is 29.2 Å². The van der Waals surface area contributed by atoms with Gasteiger partial charge in [0.25, 0.3) is 0 Å². The molecule has 0 radical (unpaired) electrons. The van der Waals surface area contributed by atoms with Crippen molar-refractivity contribution in [2.24, 2.45) is 0 Å². The monoisotopic (exact) mass is 528 g/mol. The van der Waals surface area contributed by atoms with Gasteiger partial charge in [0, 0.05) is 76.4 Å². The van der Waals surface area contributed by atoms with Crippen LogP contribution in [-0.2, 0) is 9.59 Å². The Morgan fingerprint density at radius 1 is 1.00 bits per heavy atom. The minimum Gasteiger partial charge on any atom is -0.353 e. The van der Waals surface area contributed by atoms with E-state index in [-0.39, 0.29) is 23.7 Å². The zero-order valence-corrected chi connectivity index (χ0v) is 22.2. The zero-order chi connectivity index (χ0) is 26.1. The van der Waals surface area contributed by atoms with Gasteiger partial charge in [-0.05, 0) is 30.0 Å². The molecular formula is C27H34ClFN6O2. The molecule has 0 bridgehead atoms. The van der Waals surface area contributed by atoms with Crippen molar-refractivity contribution in [3.63, 3.8) is 0 Å². The zero-order valence-electron chi connectivity index (χ0n) is 21.4. The largest absolute Gasteiger partial charge is 0.353 e. The van der Waals surface area contributed by atoms with E-state index < -0.39 is 6.17 Å². The van der Waals surface area contributed by atoms with Crippen LogP contribution in [0.4, 0.5) is 10.2 Å². The second kappa shape index (κ2) is 10.9. The molecule has 2 aromatic rings. The molecule has 0 spiro atoms. The molecule has 1 aromatic carbocycles. The lowest BCUT2D eigenvalue weighted by Gasteiger charge is -2.40. The fraction of sp³-hybridized carbons (Fsp3) is 0.556. The minimum absolute atomic E-state index is 0.0821. The number of anilines is 1. The van der Waals surface area contributed by atoms with E-state index in [4.69, 9.17) is 11.6 Å². The molecule has 0 saturated carbocycles. The molecule has 3 aliphatic rings. The van der Waals surface area contributed by atoms with Crippen molar-refractivity contribution in [1.82, 2.24) is 24.7 Å². The topological polar surface area (TPSA) is 72.9 Å². The second-order valence-electron chi connectivity index (χ2n) is 10.3. The number of fused-ring (bicyclic) bond motifs is 1. The van der Waals surface area contributed by atoms with Crippen LogP contribution in [0, 0.1) is 0 Å². The number of amides is 2. The summed E-state index contributed by atoms with van der Waals surface area (Å²) in [5, 5.41) is 0.640. The Labute approximate surface area is 222 Å². The fourth-order valence-electron chi connectivity index (χ4n) is 5.80. The van der Waals surface area contributed by atoms with Gasteiger partial charge in [0.1, 0.15) is 18.3 Å². The van der Waals surface area contributed by atoms with Crippen LogP contribution in [-0.4, -0.2) is 95.4 Å². The van der Waals surface area contributed by atoms with Crippen LogP contribution < -0.4 is 4.90 Å². The van der Waals surface area contributed by atoms with Gasteiger partial charge in [-0.1, -0.05) is 30.7 Å². The quantitative estimate of drug-likeness (QED) is 0.593. The molecule has 0 N–H and O–H groups in total. The first-order valence-electron chi connectivity index (χ1n) is 13.1. The van der Waals surface area contributed by atoms with E-state index in [1.54, 1.807) is 6.92 Å². The third kappa shape index (κ3) is 5.43. The van der Waals surface area contributed by atoms with Crippen LogP contribution >= 0.6 is 11.6 Å². The number of halogens is 2. The number of rotatable bonds is 5. The molecule has 198 valence electrons. The average molecular weight is 529 g/mol. The average Bonchev–Trinajstić information content (AvgIpc) is 3.21. The number of nitrogens with zero attached hydrogens (tertiary/aromatic N) is 6. The Morgan fingerprint density at radius 2 is 1.65 bits per heavy atom. The summed E-state index contributed by atoms with van der Waals surface area (Å²) in [6.45, 7) is 9.51. The maximum absolute atomic E-state index is 14.4. The Bertz CT molecular complexity index is 1130. The van der Waals surface area contributed by atoms with Crippen LogP contribution in [0.3, 0.4) is 0 Å². The summed E-state index contributed by atoms with van der Waals surface area (Å²) in [6.07, 6.45) is 0.869. The summed E-state index contributed by atoms with van der Waals surface area (Å²) in [6, 6.07) is 7.54. The van der Waals surface area contributed by atoms with E-state index in [9.17, 15) is 14.0 Å². The maximum Gasteiger partial charge on any atom is 0.231 e. The number of hydrogen-bond acceptors (Lipinski definition) is 6. The molecule has 2 aliphatic heterocycles. The predicted octanol–water partition coefficient (Wildman–Crippen LogP) is 3.24. The van der Waals surface area contributed by atoms with E-state index in [1.165, 1.54) is 6.33 Å². The summed E-state index contributed by atoms with van der Waals surface area (Å²) in [5.41, 5.74) is 2.38. The molecule has 1 aliphatic carbocycles. The van der Waals surface area contributed by atoms with E-state index in [0.717, 1.165) is 30.0 Å². The second-order valence-corrected chi connectivity index (χ2v) is 10.8. The number of benzene rings is 1. The Morgan fingerprint density at radius 3 is 2.30 bits per heavy atom. The van der Waals surface area contributed by atoms with Gasteiger partial charge in [-0.15, -0.1) is 0 Å². The van der Waals surface area contributed by atoms with E-state index in [2.05, 4.69) is 19.8 Å². The summed E-state index contributed by atoms with van der Waals surface area (Å²) in [5.74, 6) is 0.763. The van der Waals surface area contributed by atoms with Gasteiger partial charge in [-0.25, -0.2) is 14.4 Å². The van der Waals surface area contributed by atoms with Crippen molar-refractivity contribution in [3.05, 3.63) is 52.4 Å². The minimum atomic E-state index is -1.04. The Hall–Kier alpha value is -2.78. The van der Waals surface area contributed by atoms with E-state index in [0.29, 0.717) is 63.0 Å². The number of carbonyl (C=O) groups excluding carboxylic acids is 2. The highest BCUT2D eigenvalue weighted by molar-refractivity contribution is 6.30. The normalized spacial score (nSPS) is 23.2. The number of hydrogen-bond donors (Lipinski definition) is 0. The number of aromatic nitrogens is 2. The van der Waals surface area contributed by atoms with E-state index in [1.807, 2.05) is 41.0 Å². The highest BCUT2D eigenvalue weighted by Crippen LogP contribution is 2.44. The summed E-state index contributed by atoms with van der Waals surface area (Å²) in [7, 11) is 0. The van der Waals surface area contributed by atoms with Gasteiger partial charge >= 0.3 is 0 Å². The molecule has 5 rings (SSSR count). The lowest BCUT2D eigenvalue weighted by atomic mass is 9.96. The van der Waals surface area contributed by atoms with Crippen LogP contribution in [0.15, 0.2) is 30.6 Å². The molecule has 3 heterocycles. The molecule has 1 aromatic heterocycles. The fourth-order valence-corrected chi connectivity index (χ4v) is 5.92. The number of alkyl halides is 1. The van der Waals surface area contributed by atoms with Gasteiger partial charge in [0.05, 0.1) is 11.6 Å². The number of piperazine rings is 2. The van der Waals surface area contributed by atoms with Crippen LogP contribution in [0.2, 0.25) is 5.02 Å². The summed E-state index contributed by atoms with van der Waals surface area (Å²) >= 11 is 6.13. The van der Waals surface area contributed by atoms with Crippen molar-refractivity contribution in [2.45, 2.75) is 38.3 Å². The van der Waals surface area contributed by atoms with Crippen molar-refractivity contribution in [2.75, 3.05) is 63.8 Å². The lowest BCUT2D eigenvalue weighted by molar-refractivity contribution is -0.135. The smallest absolute Gasteiger partial charge is 0.231 e. The molecule has 2 amide bonds. The standard InChI is InChI=1S/C27H34ClFN6O2/c1-18-15-23(29)25-24(18)26(31-17-30-25)34-11-13-35(14-12-34)27(37)22(20-3-5-21(28)6-4-20)16-32-7-9-33(10-8-32)19(2)36/h3-6,17-18,22-23H,7-16H2,1-2H3/t18-,22?,23-/m1/s1. The van der Waals surface area contributed by atoms with Crippen molar-refractivity contribution in [1.29, 1.82) is 0 Å². The third-order valence-electron chi connectivity index (χ3n) is 7.96. The number of carbonyl (C=O) groups is 2. The maximum atomic E-state index is 14.4. The summed E-state index contributed by atoms with van der Waals surface area (Å²) < 4.78 is 14.4. The molecule has 3 atom stereocenters. The lowest BCUT2D eigenvalue weighted by Crippen LogP contribution is -2.53. The Balaban J connectivity index is 1.28. The van der Waals surface area contributed by atoms with Gasteiger partial charge < -0.3 is 14.7 Å². The third-order valence-corrected chi connectivity index (χ3v) is 8.22. The predicted molar refractivity (Wildman–Crippen MR) is 141 cm³/mol. The van der Waals surface area contributed by atoms with Crippen molar-refractivity contribution < 1.29 is 14.0 Å². The molecule has 2 saturated heterocycles. The first kappa shape index (κ1) is 25.9. The molecule has 37 heavy (non-hydrogen) atoms. The van der Waals surface area contributed by atoms with Gasteiger partial charge in [0.15, 0.2) is 0 Å². The van der Waals surface area contributed by atoms with Gasteiger partial charge in [0.2, 0.25) is 11.8 Å². The van der Waals surface area contributed by atoms with E-state index >= 15 is 0 Å². The molecule has 10 heteroatoms. The van der Waals surface area contributed by atoms with Crippen LogP contribution in [0.5, 0.6) is 0 Å². The first-order valence-corrected chi connectivity index (χ1v) is 13.5. The Kier molecular flexibility index (Phi) is 7.62. The first-order chi connectivity index (χ1) is 17.8. The van der Waals surface area contributed by atoms with Crippen LogP contribution in [0.25, 0.3) is 0 Å². The van der Waals surface area contributed by atoms with Crippen LogP contribution in [0.1, 0.15) is 55.1 Å². The highest BCUT2D eigenvalue weighted by atomic mass is 35.5. The van der Waals surface area contributed by atoms with Gasteiger partial charge in [-0.2, -0.15) is 0 Å². The highest BCUT2D eigenvalue weighted by Gasteiger charge is 2.36. The van der Waals surface area contributed by atoms with Gasteiger partial charge in [-0.3, -0.25) is 14.5 Å². The molecular weight excluding hydrogens is 495 g/mol. The molecule has 2 fully saturated rings. The van der Waals surface area contributed by atoms with Crippen molar-refractivity contribution in [3.8, 4) is 0 Å². The summed E-state index contributed by atoms with van der Waals surface area (Å²) in [4.78, 5) is 42.5.